The number of aromatic nitrogens is 1. The summed E-state index contributed by atoms with van der Waals surface area (Å²) in [4.78, 5) is 13.4. The predicted octanol–water partition coefficient (Wildman–Crippen LogP) is 2.98. The van der Waals surface area contributed by atoms with Crippen molar-refractivity contribution in [2.75, 3.05) is 31.1 Å². The molecule has 3 N–H and O–H groups in total. The van der Waals surface area contributed by atoms with Crippen molar-refractivity contribution in [3.05, 3.63) is 40.4 Å². The van der Waals surface area contributed by atoms with E-state index < -0.39 is 0 Å². The molecule has 2 heterocycles. The Bertz CT molecular complexity index is 788. The number of anilines is 1. The molecule has 1 fully saturated rings. The third kappa shape index (κ3) is 4.48. The zero-order chi connectivity index (χ0) is 17.9. The smallest absolute Gasteiger partial charge is 0.191 e. The first-order chi connectivity index (χ1) is 12.7. The Balaban J connectivity index is 0.00000210. The van der Waals surface area contributed by atoms with Gasteiger partial charge < -0.3 is 20.6 Å². The zero-order valence-electron chi connectivity index (χ0n) is 15.3. The summed E-state index contributed by atoms with van der Waals surface area (Å²) < 4.78 is 0. The highest BCUT2D eigenvalue weighted by Crippen LogP contribution is 2.31. The minimum absolute atomic E-state index is 0. The molecule has 146 valence electrons. The molecule has 1 aromatic carbocycles. The van der Waals surface area contributed by atoms with E-state index in [0.29, 0.717) is 18.3 Å². The number of aromatic hydroxyl groups is 1. The number of nitrogens with two attached hydrogens (primary N) is 1. The van der Waals surface area contributed by atoms with Gasteiger partial charge in [-0.2, -0.15) is 0 Å². The van der Waals surface area contributed by atoms with Crippen molar-refractivity contribution in [3.63, 3.8) is 0 Å². The summed E-state index contributed by atoms with van der Waals surface area (Å²) in [6.45, 7) is 3.93. The van der Waals surface area contributed by atoms with E-state index in [0.717, 1.165) is 49.7 Å². The summed E-state index contributed by atoms with van der Waals surface area (Å²) in [7, 11) is 0. The fourth-order valence-electron chi connectivity index (χ4n) is 3.83. The van der Waals surface area contributed by atoms with Crippen LogP contribution in [0.15, 0.2) is 28.7 Å². The molecule has 1 saturated heterocycles. The minimum atomic E-state index is 0. The maximum absolute atomic E-state index is 10.3. The number of hydrogen-bond donors (Lipinski definition) is 2. The van der Waals surface area contributed by atoms with E-state index in [1.807, 2.05) is 11.6 Å². The fourth-order valence-corrected chi connectivity index (χ4v) is 4.52. The number of thiazole rings is 1. The molecular formula is C19H26IN5OS. The van der Waals surface area contributed by atoms with E-state index in [4.69, 9.17) is 5.73 Å². The number of halogens is 1. The molecule has 6 nitrogen and oxygen atoms in total. The highest BCUT2D eigenvalue weighted by atomic mass is 127. The first kappa shape index (κ1) is 20.2. The summed E-state index contributed by atoms with van der Waals surface area (Å²) in [6.07, 6.45) is 6.38. The van der Waals surface area contributed by atoms with Crippen molar-refractivity contribution < 1.29 is 5.11 Å². The van der Waals surface area contributed by atoms with Crippen LogP contribution in [0.2, 0.25) is 0 Å². The van der Waals surface area contributed by atoms with E-state index >= 15 is 0 Å². The summed E-state index contributed by atoms with van der Waals surface area (Å²) in [5.74, 6) is 0.910. The van der Waals surface area contributed by atoms with Crippen LogP contribution in [0.1, 0.15) is 29.5 Å². The Kier molecular flexibility index (Phi) is 6.80. The molecule has 0 bridgehead atoms. The Morgan fingerprint density at radius 2 is 1.96 bits per heavy atom. The van der Waals surface area contributed by atoms with Gasteiger partial charge in [0.15, 0.2) is 11.1 Å². The third-order valence-corrected chi connectivity index (χ3v) is 6.15. The Labute approximate surface area is 181 Å². The van der Waals surface area contributed by atoms with Crippen molar-refractivity contribution in [2.24, 2.45) is 10.7 Å². The standard InChI is InChI=1S/C19H25N5OS.HI/c20-18(23-8-10-24(11-9-23)19-21-7-12-26-19)22-13-16-15-4-2-1-3-14(15)5-6-17(16)25;/h5-7,12,25H,1-4,8-11,13H2,(H2,20,22);1H. The molecule has 1 aliphatic heterocycles. The van der Waals surface area contributed by atoms with Crippen LogP contribution in [-0.4, -0.2) is 47.1 Å². The number of guanidine groups is 1. The highest BCUT2D eigenvalue weighted by Gasteiger charge is 2.20. The SMILES string of the molecule is I.NC(=NCc1c(O)ccc2c1CCCC2)N1CCN(c2nccs2)CC1. The first-order valence-corrected chi connectivity index (χ1v) is 10.1. The second kappa shape index (κ2) is 9.09. The summed E-state index contributed by atoms with van der Waals surface area (Å²) in [5.41, 5.74) is 9.84. The van der Waals surface area contributed by atoms with Gasteiger partial charge in [0.2, 0.25) is 0 Å². The average molecular weight is 499 g/mol. The van der Waals surface area contributed by atoms with Gasteiger partial charge in [-0.15, -0.1) is 35.3 Å². The summed E-state index contributed by atoms with van der Waals surface area (Å²) in [5, 5.41) is 13.4. The van der Waals surface area contributed by atoms with Crippen LogP contribution in [0.25, 0.3) is 0 Å². The lowest BCUT2D eigenvalue weighted by molar-refractivity contribution is 0.380. The molecule has 1 aliphatic carbocycles. The van der Waals surface area contributed by atoms with Gasteiger partial charge in [-0.25, -0.2) is 9.98 Å². The van der Waals surface area contributed by atoms with Gasteiger partial charge in [-0.3, -0.25) is 0 Å². The maximum Gasteiger partial charge on any atom is 0.191 e. The Hall–Kier alpha value is -1.55. The molecule has 0 unspecified atom stereocenters. The summed E-state index contributed by atoms with van der Waals surface area (Å²) in [6, 6.07) is 3.86. The predicted molar refractivity (Wildman–Crippen MR) is 121 cm³/mol. The quantitative estimate of drug-likeness (QED) is 0.386. The molecule has 2 aromatic rings. The van der Waals surface area contributed by atoms with Gasteiger partial charge in [0.25, 0.3) is 0 Å². The van der Waals surface area contributed by atoms with Crippen LogP contribution >= 0.6 is 35.3 Å². The van der Waals surface area contributed by atoms with Gasteiger partial charge in [-0.05, 0) is 42.9 Å². The minimum Gasteiger partial charge on any atom is -0.508 e. The molecule has 0 radical (unpaired) electrons. The van der Waals surface area contributed by atoms with Gasteiger partial charge in [-0.1, -0.05) is 6.07 Å². The third-order valence-electron chi connectivity index (χ3n) is 5.32. The van der Waals surface area contributed by atoms with Crippen LogP contribution in [0, 0.1) is 0 Å². The fraction of sp³-hybridized carbons (Fsp3) is 0.474. The number of fused-ring (bicyclic) bond motifs is 1. The number of nitrogens with zero attached hydrogens (tertiary/aromatic N) is 4. The van der Waals surface area contributed by atoms with Crippen molar-refractivity contribution in [1.82, 2.24) is 9.88 Å². The first-order valence-electron chi connectivity index (χ1n) is 9.24. The average Bonchev–Trinajstić information content (AvgIpc) is 3.22. The van der Waals surface area contributed by atoms with Crippen LogP contribution in [-0.2, 0) is 19.4 Å². The van der Waals surface area contributed by atoms with Gasteiger partial charge >= 0.3 is 0 Å². The molecule has 4 rings (SSSR count). The van der Waals surface area contributed by atoms with Gasteiger partial charge in [0, 0.05) is 43.3 Å². The normalized spacial score (nSPS) is 17.4. The number of phenols is 1. The van der Waals surface area contributed by atoms with E-state index in [2.05, 4.69) is 25.8 Å². The topological polar surface area (TPSA) is 78.0 Å². The molecule has 8 heteroatoms. The molecule has 0 amide bonds. The maximum atomic E-state index is 10.3. The van der Waals surface area contributed by atoms with E-state index in [1.54, 1.807) is 17.4 Å². The number of phenolic OH excluding ortho intramolecular Hbond substituents is 1. The summed E-state index contributed by atoms with van der Waals surface area (Å²) >= 11 is 1.67. The lowest BCUT2D eigenvalue weighted by atomic mass is 9.88. The highest BCUT2D eigenvalue weighted by molar-refractivity contribution is 14.0. The largest absolute Gasteiger partial charge is 0.508 e. The number of piperazine rings is 1. The Morgan fingerprint density at radius 1 is 1.19 bits per heavy atom. The van der Waals surface area contributed by atoms with Crippen molar-refractivity contribution in [1.29, 1.82) is 0 Å². The molecule has 0 spiro atoms. The van der Waals surface area contributed by atoms with Crippen LogP contribution in [0.5, 0.6) is 5.75 Å². The number of aryl methyl sites for hydroxylation is 1. The van der Waals surface area contributed by atoms with Crippen molar-refractivity contribution in [3.8, 4) is 5.75 Å². The Morgan fingerprint density at radius 3 is 2.70 bits per heavy atom. The number of aliphatic imine (C=N–C) groups is 1. The number of hydrogen-bond acceptors (Lipinski definition) is 5. The lowest BCUT2D eigenvalue weighted by Crippen LogP contribution is -2.51. The molecule has 0 saturated carbocycles. The number of benzene rings is 1. The molecule has 2 aliphatic rings. The molecular weight excluding hydrogens is 473 g/mol. The lowest BCUT2D eigenvalue weighted by Gasteiger charge is -2.35. The van der Waals surface area contributed by atoms with Gasteiger partial charge in [0.05, 0.1) is 6.54 Å². The molecule has 1 aromatic heterocycles. The van der Waals surface area contributed by atoms with Crippen molar-refractivity contribution in [2.45, 2.75) is 32.2 Å². The van der Waals surface area contributed by atoms with E-state index in [1.165, 1.54) is 24.0 Å². The van der Waals surface area contributed by atoms with Crippen LogP contribution in [0.3, 0.4) is 0 Å². The van der Waals surface area contributed by atoms with Crippen molar-refractivity contribution >= 4 is 46.4 Å². The van der Waals surface area contributed by atoms with Crippen LogP contribution < -0.4 is 10.6 Å². The molecule has 27 heavy (non-hydrogen) atoms. The van der Waals surface area contributed by atoms with Crippen LogP contribution in [0.4, 0.5) is 5.13 Å². The molecule has 0 atom stereocenters. The van der Waals surface area contributed by atoms with Gasteiger partial charge in [0.1, 0.15) is 5.75 Å². The zero-order valence-corrected chi connectivity index (χ0v) is 18.5. The van der Waals surface area contributed by atoms with E-state index in [9.17, 15) is 5.11 Å². The number of rotatable bonds is 3. The second-order valence-corrected chi connectivity index (χ2v) is 7.74. The monoisotopic (exact) mass is 499 g/mol. The van der Waals surface area contributed by atoms with E-state index in [-0.39, 0.29) is 24.0 Å². The second-order valence-electron chi connectivity index (χ2n) is 6.87.